The molecule has 0 saturated carbocycles. The van der Waals surface area contributed by atoms with Crippen molar-refractivity contribution in [2.75, 3.05) is 18.0 Å². The molecule has 1 fully saturated rings. The van der Waals surface area contributed by atoms with Gasteiger partial charge in [-0.1, -0.05) is 6.07 Å². The lowest BCUT2D eigenvalue weighted by atomic mass is 10.0. The summed E-state index contributed by atoms with van der Waals surface area (Å²) in [6.07, 6.45) is 6.39. The van der Waals surface area contributed by atoms with Gasteiger partial charge in [0.2, 0.25) is 0 Å². The summed E-state index contributed by atoms with van der Waals surface area (Å²) in [6.45, 7) is 6.37. The fraction of sp³-hybridized carbons (Fsp3) is 0.471. The van der Waals surface area contributed by atoms with E-state index in [1.807, 2.05) is 12.3 Å². The van der Waals surface area contributed by atoms with Gasteiger partial charge in [-0.05, 0) is 44.0 Å². The zero-order valence-corrected chi connectivity index (χ0v) is 12.7. The van der Waals surface area contributed by atoms with Crippen molar-refractivity contribution < 1.29 is 0 Å². The van der Waals surface area contributed by atoms with E-state index in [0.29, 0.717) is 6.04 Å². The van der Waals surface area contributed by atoms with Crippen LogP contribution in [0, 0.1) is 0 Å². The summed E-state index contributed by atoms with van der Waals surface area (Å²) in [5.74, 6) is 1.11. The monoisotopic (exact) mass is 284 g/mol. The Bertz CT molecular complexity index is 541. The topological polar surface area (TPSA) is 33.1 Å². The van der Waals surface area contributed by atoms with Crippen molar-refractivity contribution in [3.8, 4) is 0 Å². The molecule has 4 nitrogen and oxygen atoms in total. The maximum atomic E-state index is 4.44. The van der Waals surface area contributed by atoms with Gasteiger partial charge in [-0.25, -0.2) is 4.98 Å². The summed E-state index contributed by atoms with van der Waals surface area (Å²) < 4.78 is 2.30. The van der Waals surface area contributed by atoms with Crippen LogP contribution in [0.3, 0.4) is 0 Å². The second kappa shape index (κ2) is 6.76. The first-order valence-electron chi connectivity index (χ1n) is 7.90. The van der Waals surface area contributed by atoms with Gasteiger partial charge in [0.15, 0.2) is 0 Å². The Morgan fingerprint density at radius 3 is 2.76 bits per heavy atom. The highest BCUT2D eigenvalue weighted by molar-refractivity contribution is 5.38. The van der Waals surface area contributed by atoms with Crippen LogP contribution in [-0.2, 0) is 13.1 Å². The van der Waals surface area contributed by atoms with Gasteiger partial charge in [0.25, 0.3) is 0 Å². The molecule has 2 aromatic heterocycles. The molecule has 3 rings (SSSR count). The van der Waals surface area contributed by atoms with E-state index in [1.165, 1.54) is 18.5 Å². The predicted molar refractivity (Wildman–Crippen MR) is 86.4 cm³/mol. The van der Waals surface area contributed by atoms with Crippen LogP contribution < -0.4 is 10.2 Å². The lowest BCUT2D eigenvalue weighted by Gasteiger charge is -2.33. The Morgan fingerprint density at radius 2 is 2.05 bits per heavy atom. The molecule has 0 amide bonds. The van der Waals surface area contributed by atoms with E-state index in [0.717, 1.165) is 32.0 Å². The van der Waals surface area contributed by atoms with Gasteiger partial charge in [-0.2, -0.15) is 0 Å². The Morgan fingerprint density at radius 1 is 1.19 bits per heavy atom. The van der Waals surface area contributed by atoms with Gasteiger partial charge in [-0.15, -0.1) is 0 Å². The molecule has 0 aromatic carbocycles. The first kappa shape index (κ1) is 14.1. The van der Waals surface area contributed by atoms with E-state index in [4.69, 9.17) is 0 Å². The fourth-order valence-electron chi connectivity index (χ4n) is 3.02. The van der Waals surface area contributed by atoms with Crippen molar-refractivity contribution in [3.63, 3.8) is 0 Å². The molecule has 1 saturated heterocycles. The summed E-state index contributed by atoms with van der Waals surface area (Å²) in [5, 5.41) is 3.70. The van der Waals surface area contributed by atoms with Crippen molar-refractivity contribution in [1.82, 2.24) is 14.9 Å². The van der Waals surface area contributed by atoms with E-state index in [9.17, 15) is 0 Å². The zero-order chi connectivity index (χ0) is 14.5. The van der Waals surface area contributed by atoms with E-state index >= 15 is 0 Å². The van der Waals surface area contributed by atoms with Gasteiger partial charge in [0, 0.05) is 50.3 Å². The summed E-state index contributed by atoms with van der Waals surface area (Å²) >= 11 is 0. The van der Waals surface area contributed by atoms with E-state index < -0.39 is 0 Å². The Kier molecular flexibility index (Phi) is 4.55. The third kappa shape index (κ3) is 3.45. The first-order chi connectivity index (χ1) is 10.4. The predicted octanol–water partition coefficient (Wildman–Crippen LogP) is 2.66. The van der Waals surface area contributed by atoms with Crippen LogP contribution in [0.15, 0.2) is 42.7 Å². The molecule has 1 N–H and O–H groups in total. The van der Waals surface area contributed by atoms with Crippen LogP contribution in [-0.4, -0.2) is 28.7 Å². The summed E-state index contributed by atoms with van der Waals surface area (Å²) in [5.41, 5.74) is 1.38. The highest BCUT2D eigenvalue weighted by Crippen LogP contribution is 2.17. The van der Waals surface area contributed by atoms with E-state index in [1.54, 1.807) is 0 Å². The van der Waals surface area contributed by atoms with Crippen LogP contribution in [0.1, 0.15) is 25.5 Å². The van der Waals surface area contributed by atoms with E-state index in [-0.39, 0.29) is 0 Å². The molecule has 21 heavy (non-hydrogen) atoms. The van der Waals surface area contributed by atoms with Crippen LogP contribution in [0.5, 0.6) is 0 Å². The van der Waals surface area contributed by atoms with Crippen molar-refractivity contribution in [2.24, 2.45) is 0 Å². The number of hydrogen-bond acceptors (Lipinski definition) is 3. The number of pyridine rings is 1. The van der Waals surface area contributed by atoms with E-state index in [2.05, 4.69) is 57.2 Å². The highest BCUT2D eigenvalue weighted by Gasteiger charge is 2.19. The average Bonchev–Trinajstić information content (AvgIpc) is 3.02. The normalized spacial score (nSPS) is 16.3. The van der Waals surface area contributed by atoms with Gasteiger partial charge in [0.1, 0.15) is 5.82 Å². The summed E-state index contributed by atoms with van der Waals surface area (Å²) in [4.78, 5) is 6.82. The van der Waals surface area contributed by atoms with Crippen LogP contribution in [0.4, 0.5) is 5.82 Å². The second-order valence-corrected chi connectivity index (χ2v) is 5.62. The SMILES string of the molecule is CCn1cccc1CNC1CCN(c2ccccn2)CC1. The number of aryl methyl sites for hydroxylation is 1. The number of nitrogens with one attached hydrogen (secondary N) is 1. The Balaban J connectivity index is 1.48. The largest absolute Gasteiger partial charge is 0.357 e. The molecular weight excluding hydrogens is 260 g/mol. The third-order valence-electron chi connectivity index (χ3n) is 4.30. The molecule has 0 spiro atoms. The van der Waals surface area contributed by atoms with Crippen molar-refractivity contribution in [1.29, 1.82) is 0 Å². The molecule has 2 aromatic rings. The maximum Gasteiger partial charge on any atom is 0.128 e. The number of piperidine rings is 1. The molecule has 1 aliphatic rings. The number of rotatable bonds is 5. The van der Waals surface area contributed by atoms with Crippen LogP contribution in [0.25, 0.3) is 0 Å². The molecule has 0 radical (unpaired) electrons. The van der Waals surface area contributed by atoms with Crippen molar-refractivity contribution >= 4 is 5.82 Å². The number of nitrogens with zero attached hydrogens (tertiary/aromatic N) is 3. The van der Waals surface area contributed by atoms with Crippen molar-refractivity contribution in [3.05, 3.63) is 48.4 Å². The quantitative estimate of drug-likeness (QED) is 0.916. The molecule has 1 aliphatic heterocycles. The number of anilines is 1. The van der Waals surface area contributed by atoms with Gasteiger partial charge >= 0.3 is 0 Å². The lowest BCUT2D eigenvalue weighted by molar-refractivity contribution is 0.407. The van der Waals surface area contributed by atoms with Crippen molar-refractivity contribution in [2.45, 2.75) is 38.9 Å². The second-order valence-electron chi connectivity index (χ2n) is 5.62. The average molecular weight is 284 g/mol. The lowest BCUT2D eigenvalue weighted by Crippen LogP contribution is -2.42. The minimum absolute atomic E-state index is 0.616. The molecular formula is C17H24N4. The number of aromatic nitrogens is 2. The first-order valence-corrected chi connectivity index (χ1v) is 7.90. The van der Waals surface area contributed by atoms with Crippen LogP contribution >= 0.6 is 0 Å². The van der Waals surface area contributed by atoms with Gasteiger partial charge in [-0.3, -0.25) is 0 Å². The fourth-order valence-corrected chi connectivity index (χ4v) is 3.02. The molecule has 4 heteroatoms. The Labute approximate surface area is 126 Å². The minimum atomic E-state index is 0.616. The molecule has 112 valence electrons. The van der Waals surface area contributed by atoms with Gasteiger partial charge < -0.3 is 14.8 Å². The molecule has 0 unspecified atom stereocenters. The third-order valence-corrected chi connectivity index (χ3v) is 4.30. The Hall–Kier alpha value is -1.81. The van der Waals surface area contributed by atoms with Crippen LogP contribution in [0.2, 0.25) is 0 Å². The standard InChI is InChI=1S/C17H24N4/c1-2-20-11-5-6-16(20)14-19-15-8-12-21(13-9-15)17-7-3-4-10-18-17/h3-7,10-11,15,19H,2,8-9,12-14H2,1H3. The molecule has 0 atom stereocenters. The summed E-state index contributed by atoms with van der Waals surface area (Å²) in [6, 6.07) is 11.1. The number of hydrogen-bond donors (Lipinski definition) is 1. The van der Waals surface area contributed by atoms with Gasteiger partial charge in [0.05, 0.1) is 0 Å². The molecule has 3 heterocycles. The maximum absolute atomic E-state index is 4.44. The molecule has 0 bridgehead atoms. The summed E-state index contributed by atoms with van der Waals surface area (Å²) in [7, 11) is 0. The smallest absolute Gasteiger partial charge is 0.128 e. The minimum Gasteiger partial charge on any atom is -0.357 e. The molecule has 0 aliphatic carbocycles. The highest BCUT2D eigenvalue weighted by atomic mass is 15.2. The zero-order valence-electron chi connectivity index (χ0n) is 12.7.